The van der Waals surface area contributed by atoms with Crippen LogP contribution in [0.25, 0.3) is 21.8 Å². The summed E-state index contributed by atoms with van der Waals surface area (Å²) in [6.45, 7) is 5.16. The largest absolute Gasteiger partial charge is 0.481 e. The topological polar surface area (TPSA) is 80.1 Å². The van der Waals surface area contributed by atoms with Gasteiger partial charge in [0, 0.05) is 54.6 Å². The van der Waals surface area contributed by atoms with E-state index in [4.69, 9.17) is 9.47 Å². The fourth-order valence-corrected chi connectivity index (χ4v) is 8.11. The number of halogens is 1. The highest BCUT2D eigenvalue weighted by molar-refractivity contribution is 7.92. The van der Waals surface area contributed by atoms with E-state index in [1.807, 2.05) is 31.3 Å². The number of ether oxygens (including phenoxy) is 2. The number of aryl methyl sites for hydroxylation is 1. The van der Waals surface area contributed by atoms with Gasteiger partial charge in [-0.05, 0) is 81.7 Å². The van der Waals surface area contributed by atoms with Crippen LogP contribution in [0.15, 0.2) is 59.5 Å². The van der Waals surface area contributed by atoms with Gasteiger partial charge in [0.25, 0.3) is 10.0 Å². The van der Waals surface area contributed by atoms with Gasteiger partial charge >= 0.3 is 0 Å². The van der Waals surface area contributed by atoms with Crippen molar-refractivity contribution in [2.45, 2.75) is 24.2 Å². The van der Waals surface area contributed by atoms with Crippen LogP contribution >= 0.6 is 12.4 Å². The van der Waals surface area contributed by atoms with Crippen LogP contribution in [0.4, 0.5) is 5.69 Å². The molecule has 0 atom stereocenters. The molecule has 0 amide bonds. The summed E-state index contributed by atoms with van der Waals surface area (Å²) in [5.41, 5.74) is 2.79. The van der Waals surface area contributed by atoms with Crippen LogP contribution in [0.1, 0.15) is 19.3 Å². The van der Waals surface area contributed by atoms with Gasteiger partial charge in [-0.1, -0.05) is 18.2 Å². The predicted molar refractivity (Wildman–Crippen MR) is 170 cm³/mol. The van der Waals surface area contributed by atoms with E-state index in [1.165, 1.54) is 37.8 Å². The van der Waals surface area contributed by atoms with Crippen molar-refractivity contribution in [3.63, 3.8) is 0 Å². The molecule has 42 heavy (non-hydrogen) atoms. The molecule has 4 heterocycles. The van der Waals surface area contributed by atoms with Crippen molar-refractivity contribution in [2.75, 3.05) is 64.8 Å². The second-order valence-electron chi connectivity index (χ2n) is 11.5. The molecular formula is C31H40ClN5O4S. The second kappa shape index (κ2) is 11.9. The van der Waals surface area contributed by atoms with Gasteiger partial charge in [-0.3, -0.25) is 4.31 Å². The van der Waals surface area contributed by atoms with Crippen LogP contribution in [-0.4, -0.2) is 88.3 Å². The normalized spacial score (nSPS) is 17.5. The standard InChI is InChI=1S/C31H39N5O4S.ClH/c1-33-16-13-31(14-17-33)15-18-35(22-31)19-20-36(28-11-12-29(39-3)32-30(28)40-4)41(37,38)23-9-10-27-25(21-23)24-7-5-6-8-26(24)34(27)2;/h5-12,21H,13-20,22H2,1-4H3;1H. The lowest BCUT2D eigenvalue weighted by molar-refractivity contribution is 0.126. The Bertz CT molecular complexity index is 1680. The summed E-state index contributed by atoms with van der Waals surface area (Å²) in [5, 5.41) is 1.94. The zero-order valence-corrected chi connectivity index (χ0v) is 26.4. The number of likely N-dealkylation sites (tertiary alicyclic amines) is 2. The summed E-state index contributed by atoms with van der Waals surface area (Å²) in [6, 6.07) is 16.9. The van der Waals surface area contributed by atoms with Gasteiger partial charge in [0.15, 0.2) is 0 Å². The molecule has 0 N–H and O–H groups in total. The first-order valence-electron chi connectivity index (χ1n) is 14.2. The lowest BCUT2D eigenvalue weighted by Gasteiger charge is -2.38. The first kappa shape index (κ1) is 30.4. The molecule has 0 aliphatic carbocycles. The van der Waals surface area contributed by atoms with Crippen LogP contribution in [0, 0.1) is 5.41 Å². The van der Waals surface area contributed by atoms with Crippen molar-refractivity contribution in [3.8, 4) is 11.8 Å². The Kier molecular flexibility index (Phi) is 8.63. The molecule has 226 valence electrons. The molecular weight excluding hydrogens is 574 g/mol. The zero-order chi connectivity index (χ0) is 28.8. The van der Waals surface area contributed by atoms with E-state index >= 15 is 0 Å². The summed E-state index contributed by atoms with van der Waals surface area (Å²) in [5.74, 6) is 0.580. The van der Waals surface area contributed by atoms with Gasteiger partial charge in [0.05, 0.1) is 19.1 Å². The quantitative estimate of drug-likeness (QED) is 0.283. The maximum atomic E-state index is 14.5. The number of para-hydroxylation sites is 1. The van der Waals surface area contributed by atoms with Crippen LogP contribution < -0.4 is 13.8 Å². The number of benzene rings is 2. The number of hydrogen-bond donors (Lipinski definition) is 0. The average Bonchev–Trinajstić information content (AvgIpc) is 3.53. The molecule has 2 aliphatic heterocycles. The number of nitrogens with zero attached hydrogens (tertiary/aromatic N) is 5. The number of sulfonamides is 1. The van der Waals surface area contributed by atoms with E-state index in [1.54, 1.807) is 24.3 Å². The zero-order valence-electron chi connectivity index (χ0n) is 24.7. The third-order valence-corrected chi connectivity index (χ3v) is 11.0. The highest BCUT2D eigenvalue weighted by Crippen LogP contribution is 2.40. The van der Waals surface area contributed by atoms with Crippen molar-refractivity contribution in [1.29, 1.82) is 0 Å². The summed E-state index contributed by atoms with van der Waals surface area (Å²) in [4.78, 5) is 9.48. The van der Waals surface area contributed by atoms with Gasteiger partial charge in [0.2, 0.25) is 11.8 Å². The van der Waals surface area contributed by atoms with Crippen molar-refractivity contribution in [2.24, 2.45) is 12.5 Å². The molecule has 0 radical (unpaired) electrons. The van der Waals surface area contributed by atoms with Gasteiger partial charge < -0.3 is 23.8 Å². The maximum Gasteiger partial charge on any atom is 0.264 e. The molecule has 2 fully saturated rings. The molecule has 6 rings (SSSR count). The van der Waals surface area contributed by atoms with Gasteiger partial charge in [-0.15, -0.1) is 12.4 Å². The number of anilines is 1. The fourth-order valence-electron chi connectivity index (χ4n) is 6.63. The molecule has 11 heteroatoms. The molecule has 2 saturated heterocycles. The predicted octanol–water partition coefficient (Wildman–Crippen LogP) is 4.78. The summed E-state index contributed by atoms with van der Waals surface area (Å²) in [6.07, 6.45) is 3.56. The van der Waals surface area contributed by atoms with E-state index in [0.717, 1.165) is 48.0 Å². The number of pyridine rings is 1. The molecule has 2 aliphatic rings. The Balaban J connectivity index is 0.00000353. The van der Waals surface area contributed by atoms with Gasteiger partial charge in [-0.25, -0.2) is 8.42 Å². The number of hydrogen-bond acceptors (Lipinski definition) is 7. The number of aromatic nitrogens is 2. The third-order valence-electron chi connectivity index (χ3n) is 9.14. The molecule has 0 bridgehead atoms. The van der Waals surface area contributed by atoms with Crippen LogP contribution in [0.5, 0.6) is 11.8 Å². The van der Waals surface area contributed by atoms with Crippen molar-refractivity contribution >= 4 is 49.9 Å². The van der Waals surface area contributed by atoms with Gasteiger partial charge in [0.1, 0.15) is 5.69 Å². The van der Waals surface area contributed by atoms with E-state index in [0.29, 0.717) is 23.5 Å². The van der Waals surface area contributed by atoms with Crippen LogP contribution in [0.2, 0.25) is 0 Å². The smallest absolute Gasteiger partial charge is 0.264 e. The Morgan fingerprint density at radius 1 is 0.905 bits per heavy atom. The molecule has 0 saturated carbocycles. The fraction of sp³-hybridized carbons (Fsp3) is 0.452. The van der Waals surface area contributed by atoms with Gasteiger partial charge in [-0.2, -0.15) is 4.98 Å². The molecule has 9 nitrogen and oxygen atoms in total. The third kappa shape index (κ3) is 5.41. The minimum atomic E-state index is -3.96. The summed E-state index contributed by atoms with van der Waals surface area (Å²) < 4.78 is 43.4. The van der Waals surface area contributed by atoms with Crippen molar-refractivity contribution in [1.82, 2.24) is 19.4 Å². The Labute approximate surface area is 254 Å². The minimum Gasteiger partial charge on any atom is -0.481 e. The number of fused-ring (bicyclic) bond motifs is 3. The maximum absolute atomic E-state index is 14.5. The number of piperidine rings is 1. The highest BCUT2D eigenvalue weighted by atomic mass is 35.5. The van der Waals surface area contributed by atoms with Crippen LogP contribution in [-0.2, 0) is 17.1 Å². The van der Waals surface area contributed by atoms with E-state index in [-0.39, 0.29) is 29.7 Å². The van der Waals surface area contributed by atoms with Crippen molar-refractivity contribution in [3.05, 3.63) is 54.6 Å². The Hall–Kier alpha value is -3.05. The minimum absolute atomic E-state index is 0. The lowest BCUT2D eigenvalue weighted by Crippen LogP contribution is -2.42. The molecule has 4 aromatic rings. The molecule has 2 aromatic carbocycles. The second-order valence-corrected chi connectivity index (χ2v) is 13.4. The van der Waals surface area contributed by atoms with E-state index in [2.05, 4.69) is 32.5 Å². The molecule has 2 aromatic heterocycles. The van der Waals surface area contributed by atoms with E-state index in [9.17, 15) is 8.42 Å². The Morgan fingerprint density at radius 3 is 2.36 bits per heavy atom. The lowest BCUT2D eigenvalue weighted by atomic mass is 9.78. The molecule has 1 spiro atoms. The Morgan fingerprint density at radius 2 is 1.62 bits per heavy atom. The van der Waals surface area contributed by atoms with Crippen molar-refractivity contribution < 1.29 is 17.9 Å². The first-order chi connectivity index (χ1) is 19.7. The monoisotopic (exact) mass is 613 g/mol. The first-order valence-corrected chi connectivity index (χ1v) is 15.7. The number of methoxy groups -OCH3 is 2. The molecule has 0 unspecified atom stereocenters. The van der Waals surface area contributed by atoms with Crippen LogP contribution in [0.3, 0.4) is 0 Å². The average molecular weight is 614 g/mol. The summed E-state index contributed by atoms with van der Waals surface area (Å²) >= 11 is 0. The SMILES string of the molecule is COc1ccc(N(CCN2CCC3(CCN(C)CC3)C2)S(=O)(=O)c2ccc3c(c2)c2ccccc2n3C)c(OC)n1.Cl. The summed E-state index contributed by atoms with van der Waals surface area (Å²) in [7, 11) is 3.27. The van der Waals surface area contributed by atoms with E-state index < -0.39 is 10.0 Å². The number of rotatable bonds is 8. The highest BCUT2D eigenvalue weighted by Gasteiger charge is 2.40.